The van der Waals surface area contributed by atoms with Crippen LogP contribution in [0.15, 0.2) is 10.5 Å². The first kappa shape index (κ1) is 9.78. The van der Waals surface area contributed by atoms with Gasteiger partial charge in [0, 0.05) is 13.0 Å². The van der Waals surface area contributed by atoms with Crippen molar-refractivity contribution in [1.29, 1.82) is 0 Å². The predicted molar refractivity (Wildman–Crippen MR) is 57.3 cm³/mol. The molecule has 1 aliphatic rings. The predicted octanol–water partition coefficient (Wildman–Crippen LogP) is 2.47. The third kappa shape index (κ3) is 2.01. The standard InChI is InChI=1S/C12H19NO/c1-9(2)6-11-7-10-4-5-13(3)8-12(10)14-11/h7,9H,4-6,8H2,1-3H3. The van der Waals surface area contributed by atoms with Crippen molar-refractivity contribution in [2.45, 2.75) is 33.2 Å². The third-order valence-corrected chi connectivity index (χ3v) is 2.73. The van der Waals surface area contributed by atoms with Crippen LogP contribution < -0.4 is 0 Å². The number of hydrogen-bond acceptors (Lipinski definition) is 2. The Hall–Kier alpha value is -0.760. The first-order chi connectivity index (χ1) is 6.65. The van der Waals surface area contributed by atoms with Crippen LogP contribution in [0.2, 0.25) is 0 Å². The SMILES string of the molecule is CC(C)Cc1cc2c(o1)CN(C)CC2. The highest BCUT2D eigenvalue weighted by atomic mass is 16.3. The van der Waals surface area contributed by atoms with Gasteiger partial charge in [0.2, 0.25) is 0 Å². The Bertz CT molecular complexity index is 314. The molecule has 0 saturated carbocycles. The van der Waals surface area contributed by atoms with Crippen molar-refractivity contribution in [3.63, 3.8) is 0 Å². The molecule has 0 bridgehead atoms. The maximum absolute atomic E-state index is 5.85. The molecule has 0 saturated heterocycles. The summed E-state index contributed by atoms with van der Waals surface area (Å²) in [5.41, 5.74) is 1.43. The Balaban J connectivity index is 2.15. The van der Waals surface area contributed by atoms with Crippen molar-refractivity contribution in [2.24, 2.45) is 5.92 Å². The molecule has 2 nitrogen and oxygen atoms in total. The Morgan fingerprint density at radius 1 is 1.50 bits per heavy atom. The molecule has 0 spiro atoms. The zero-order valence-electron chi connectivity index (χ0n) is 9.34. The van der Waals surface area contributed by atoms with Crippen LogP contribution in [0.3, 0.4) is 0 Å². The van der Waals surface area contributed by atoms with Crippen LogP contribution in [-0.2, 0) is 19.4 Å². The number of likely N-dealkylation sites (N-methyl/N-ethyl adjacent to an activating group) is 1. The van der Waals surface area contributed by atoms with E-state index in [1.807, 2.05) is 0 Å². The Kier molecular flexibility index (Phi) is 2.64. The van der Waals surface area contributed by atoms with Gasteiger partial charge in [-0.2, -0.15) is 0 Å². The van der Waals surface area contributed by atoms with Crippen molar-refractivity contribution >= 4 is 0 Å². The van der Waals surface area contributed by atoms with Crippen molar-refractivity contribution in [3.8, 4) is 0 Å². The molecular weight excluding hydrogens is 174 g/mol. The highest BCUT2D eigenvalue weighted by molar-refractivity contribution is 5.24. The van der Waals surface area contributed by atoms with Crippen LogP contribution in [0.25, 0.3) is 0 Å². The molecule has 1 aromatic rings. The van der Waals surface area contributed by atoms with Gasteiger partial charge in [-0.05, 0) is 31.0 Å². The molecule has 14 heavy (non-hydrogen) atoms. The highest BCUT2D eigenvalue weighted by Crippen LogP contribution is 2.23. The fourth-order valence-electron chi connectivity index (χ4n) is 2.01. The molecule has 2 rings (SSSR count). The van der Waals surface area contributed by atoms with Crippen molar-refractivity contribution in [3.05, 3.63) is 23.2 Å². The van der Waals surface area contributed by atoms with Crippen LogP contribution in [0.4, 0.5) is 0 Å². The van der Waals surface area contributed by atoms with Gasteiger partial charge in [0.1, 0.15) is 11.5 Å². The van der Waals surface area contributed by atoms with Crippen molar-refractivity contribution in [2.75, 3.05) is 13.6 Å². The minimum Gasteiger partial charge on any atom is -0.464 e. The van der Waals surface area contributed by atoms with Gasteiger partial charge < -0.3 is 4.42 Å². The van der Waals surface area contributed by atoms with Crippen LogP contribution in [0.5, 0.6) is 0 Å². The van der Waals surface area contributed by atoms with Crippen LogP contribution >= 0.6 is 0 Å². The summed E-state index contributed by atoms with van der Waals surface area (Å²) in [4.78, 5) is 2.31. The lowest BCUT2D eigenvalue weighted by atomic mass is 10.1. The summed E-state index contributed by atoms with van der Waals surface area (Å²) < 4.78 is 5.85. The van der Waals surface area contributed by atoms with Gasteiger partial charge in [-0.1, -0.05) is 13.8 Å². The Labute approximate surface area is 85.9 Å². The molecule has 2 heteroatoms. The number of fused-ring (bicyclic) bond motifs is 1. The quantitative estimate of drug-likeness (QED) is 0.717. The lowest BCUT2D eigenvalue weighted by Gasteiger charge is -2.20. The second-order valence-electron chi connectivity index (χ2n) is 4.75. The van der Waals surface area contributed by atoms with E-state index in [1.54, 1.807) is 0 Å². The van der Waals surface area contributed by atoms with Gasteiger partial charge in [0.15, 0.2) is 0 Å². The van der Waals surface area contributed by atoms with Crippen LogP contribution in [0, 0.1) is 5.92 Å². The molecule has 0 amide bonds. The molecule has 0 unspecified atom stereocenters. The van der Waals surface area contributed by atoms with E-state index in [1.165, 1.54) is 17.1 Å². The molecule has 2 heterocycles. The van der Waals surface area contributed by atoms with Gasteiger partial charge in [-0.3, -0.25) is 4.90 Å². The van der Waals surface area contributed by atoms with E-state index < -0.39 is 0 Å². The fourth-order valence-corrected chi connectivity index (χ4v) is 2.01. The summed E-state index contributed by atoms with van der Waals surface area (Å²) in [5, 5.41) is 0. The molecule has 0 fully saturated rings. The lowest BCUT2D eigenvalue weighted by Crippen LogP contribution is -2.25. The van der Waals surface area contributed by atoms with Gasteiger partial charge in [0.25, 0.3) is 0 Å². The Morgan fingerprint density at radius 3 is 3.00 bits per heavy atom. The summed E-state index contributed by atoms with van der Waals surface area (Å²) in [6.45, 7) is 6.60. The number of hydrogen-bond donors (Lipinski definition) is 0. The molecule has 1 aromatic heterocycles. The topological polar surface area (TPSA) is 16.4 Å². The lowest BCUT2D eigenvalue weighted by molar-refractivity contribution is 0.272. The monoisotopic (exact) mass is 193 g/mol. The first-order valence-corrected chi connectivity index (χ1v) is 5.44. The highest BCUT2D eigenvalue weighted by Gasteiger charge is 2.18. The maximum Gasteiger partial charge on any atom is 0.121 e. The average Bonchev–Trinajstić information content (AvgIpc) is 2.44. The van der Waals surface area contributed by atoms with Crippen molar-refractivity contribution in [1.82, 2.24) is 4.90 Å². The summed E-state index contributed by atoms with van der Waals surface area (Å²) in [5.74, 6) is 3.04. The zero-order valence-corrected chi connectivity index (χ0v) is 9.34. The summed E-state index contributed by atoms with van der Waals surface area (Å²) >= 11 is 0. The van der Waals surface area contributed by atoms with E-state index >= 15 is 0 Å². The molecule has 0 atom stereocenters. The largest absolute Gasteiger partial charge is 0.464 e. The summed E-state index contributed by atoms with van der Waals surface area (Å²) in [7, 11) is 2.15. The normalized spacial score (nSPS) is 17.4. The maximum atomic E-state index is 5.85. The molecule has 1 aliphatic heterocycles. The molecule has 0 aromatic carbocycles. The van der Waals surface area contributed by atoms with Gasteiger partial charge in [-0.15, -0.1) is 0 Å². The van der Waals surface area contributed by atoms with Gasteiger partial charge in [-0.25, -0.2) is 0 Å². The molecule has 0 N–H and O–H groups in total. The van der Waals surface area contributed by atoms with Crippen molar-refractivity contribution < 1.29 is 4.42 Å². The van der Waals surface area contributed by atoms with E-state index in [0.29, 0.717) is 5.92 Å². The van der Waals surface area contributed by atoms with E-state index in [4.69, 9.17) is 4.42 Å². The second-order valence-corrected chi connectivity index (χ2v) is 4.75. The smallest absolute Gasteiger partial charge is 0.121 e. The number of furan rings is 1. The van der Waals surface area contributed by atoms with Gasteiger partial charge >= 0.3 is 0 Å². The zero-order chi connectivity index (χ0) is 10.1. The molecule has 0 radical (unpaired) electrons. The number of nitrogens with zero attached hydrogens (tertiary/aromatic N) is 1. The minimum absolute atomic E-state index is 0.681. The number of rotatable bonds is 2. The van der Waals surface area contributed by atoms with E-state index in [-0.39, 0.29) is 0 Å². The van der Waals surface area contributed by atoms with E-state index in [9.17, 15) is 0 Å². The van der Waals surface area contributed by atoms with Crippen LogP contribution in [0.1, 0.15) is 30.9 Å². The third-order valence-electron chi connectivity index (χ3n) is 2.73. The van der Waals surface area contributed by atoms with E-state index in [2.05, 4.69) is 31.9 Å². The van der Waals surface area contributed by atoms with Gasteiger partial charge in [0.05, 0.1) is 6.54 Å². The molecule has 0 aliphatic carbocycles. The van der Waals surface area contributed by atoms with Crippen LogP contribution in [-0.4, -0.2) is 18.5 Å². The summed E-state index contributed by atoms with van der Waals surface area (Å²) in [6.07, 6.45) is 2.21. The fraction of sp³-hybridized carbons (Fsp3) is 0.667. The second kappa shape index (κ2) is 3.77. The van der Waals surface area contributed by atoms with E-state index in [0.717, 1.165) is 25.9 Å². The Morgan fingerprint density at radius 2 is 2.29 bits per heavy atom. The minimum atomic E-state index is 0.681. The summed E-state index contributed by atoms with van der Waals surface area (Å²) in [6, 6.07) is 2.25. The molecule has 78 valence electrons. The molecular formula is C12H19NO. The average molecular weight is 193 g/mol. The first-order valence-electron chi connectivity index (χ1n) is 5.44.